The minimum Gasteiger partial charge on any atom is -0.390 e. The number of nitrogens with zero attached hydrogens (tertiary/aromatic N) is 1. The smallest absolute Gasteiger partial charge is 0.216 e. The van der Waals surface area contributed by atoms with Gasteiger partial charge in [0.05, 0.1) is 11.6 Å². The highest BCUT2D eigenvalue weighted by atomic mass is 16.3. The molecule has 1 aromatic heterocycles. The van der Waals surface area contributed by atoms with E-state index in [1.165, 1.54) is 6.92 Å². The number of anilines is 1. The predicted molar refractivity (Wildman–Crippen MR) is 74.8 cm³/mol. The number of hydrogen-bond donors (Lipinski definition) is 5. The molecule has 1 heterocycles. The molecule has 20 heavy (non-hydrogen) atoms. The van der Waals surface area contributed by atoms with Crippen molar-refractivity contribution in [3.05, 3.63) is 23.8 Å². The molecule has 2 unspecified atom stereocenters. The standard InChI is InChI=1S/C13H18N4O3/c1-7(18)15-5-4-11(19)12(20)8-2-3-9-10(6-8)16-17-13(9)14/h2-3,6,11-12,19-20H,4-5H2,1H3,(H,15,18)(H3,14,16,17). The molecule has 7 nitrogen and oxygen atoms in total. The molecule has 6 N–H and O–H groups in total. The lowest BCUT2D eigenvalue weighted by molar-refractivity contribution is -0.119. The van der Waals surface area contributed by atoms with Crippen molar-refractivity contribution in [2.24, 2.45) is 0 Å². The molecule has 0 spiro atoms. The van der Waals surface area contributed by atoms with E-state index in [1.54, 1.807) is 18.2 Å². The van der Waals surface area contributed by atoms with Crippen LogP contribution in [0.1, 0.15) is 25.0 Å². The molecular formula is C13H18N4O3. The van der Waals surface area contributed by atoms with E-state index in [4.69, 9.17) is 5.73 Å². The molecule has 1 amide bonds. The van der Waals surface area contributed by atoms with Crippen molar-refractivity contribution in [1.29, 1.82) is 0 Å². The average molecular weight is 278 g/mol. The average Bonchev–Trinajstić information content (AvgIpc) is 2.78. The minimum absolute atomic E-state index is 0.166. The number of rotatable bonds is 5. The second-order valence-electron chi connectivity index (χ2n) is 4.70. The van der Waals surface area contributed by atoms with Gasteiger partial charge in [-0.1, -0.05) is 6.07 Å². The highest BCUT2D eigenvalue weighted by Crippen LogP contribution is 2.24. The number of nitrogens with two attached hydrogens (primary N) is 1. The van der Waals surface area contributed by atoms with E-state index in [2.05, 4.69) is 15.5 Å². The van der Waals surface area contributed by atoms with Crippen molar-refractivity contribution in [3.8, 4) is 0 Å². The summed E-state index contributed by atoms with van der Waals surface area (Å²) >= 11 is 0. The van der Waals surface area contributed by atoms with Crippen LogP contribution in [0.25, 0.3) is 10.9 Å². The number of nitrogens with one attached hydrogen (secondary N) is 2. The van der Waals surface area contributed by atoms with Crippen molar-refractivity contribution in [2.45, 2.75) is 25.6 Å². The Kier molecular flexibility index (Phi) is 4.21. The Labute approximate surface area is 115 Å². The number of aliphatic hydroxyl groups is 2. The molecule has 0 bridgehead atoms. The molecule has 0 aliphatic heterocycles. The largest absolute Gasteiger partial charge is 0.390 e. The zero-order valence-electron chi connectivity index (χ0n) is 11.1. The Bertz CT molecular complexity index is 611. The summed E-state index contributed by atoms with van der Waals surface area (Å²) in [6, 6.07) is 5.14. The number of nitrogen functional groups attached to an aromatic ring is 1. The Morgan fingerprint density at radius 3 is 2.95 bits per heavy atom. The predicted octanol–water partition coefficient (Wildman–Crippen LogP) is 0.0656. The first-order valence-electron chi connectivity index (χ1n) is 6.33. The molecule has 0 aliphatic carbocycles. The number of benzene rings is 1. The highest BCUT2D eigenvalue weighted by Gasteiger charge is 2.19. The summed E-state index contributed by atoms with van der Waals surface area (Å²) in [7, 11) is 0. The van der Waals surface area contributed by atoms with Crippen LogP contribution in [0.2, 0.25) is 0 Å². The number of amides is 1. The second kappa shape index (κ2) is 5.89. The third-order valence-corrected chi connectivity index (χ3v) is 3.14. The van der Waals surface area contributed by atoms with Crippen LogP contribution >= 0.6 is 0 Å². The van der Waals surface area contributed by atoms with Gasteiger partial charge in [0.25, 0.3) is 0 Å². The van der Waals surface area contributed by atoms with E-state index in [1.807, 2.05) is 0 Å². The third-order valence-electron chi connectivity index (χ3n) is 3.14. The lowest BCUT2D eigenvalue weighted by Gasteiger charge is -2.18. The number of carbonyl (C=O) groups is 1. The number of aromatic nitrogens is 2. The van der Waals surface area contributed by atoms with E-state index in [-0.39, 0.29) is 12.3 Å². The first kappa shape index (κ1) is 14.3. The lowest BCUT2D eigenvalue weighted by Crippen LogP contribution is -2.27. The van der Waals surface area contributed by atoms with E-state index in [0.29, 0.717) is 23.4 Å². The Balaban J connectivity index is 2.06. The van der Waals surface area contributed by atoms with Gasteiger partial charge in [-0.3, -0.25) is 9.89 Å². The summed E-state index contributed by atoms with van der Waals surface area (Å²) < 4.78 is 0. The molecule has 0 fully saturated rings. The number of fused-ring (bicyclic) bond motifs is 1. The SMILES string of the molecule is CC(=O)NCCC(O)C(O)c1ccc2c(N)n[nH]c2c1. The topological polar surface area (TPSA) is 124 Å². The maximum atomic E-state index is 10.7. The number of H-pyrrole nitrogens is 1. The second-order valence-corrected chi connectivity index (χ2v) is 4.70. The fourth-order valence-electron chi connectivity index (χ4n) is 2.02. The maximum absolute atomic E-state index is 10.7. The van der Waals surface area contributed by atoms with Gasteiger partial charge in [0.2, 0.25) is 5.91 Å². The van der Waals surface area contributed by atoms with Crippen molar-refractivity contribution in [1.82, 2.24) is 15.5 Å². The Morgan fingerprint density at radius 2 is 2.25 bits per heavy atom. The van der Waals surface area contributed by atoms with Gasteiger partial charge in [-0.2, -0.15) is 5.10 Å². The van der Waals surface area contributed by atoms with Crippen molar-refractivity contribution in [3.63, 3.8) is 0 Å². The fraction of sp³-hybridized carbons (Fsp3) is 0.385. The van der Waals surface area contributed by atoms with Crippen LogP contribution in [0.4, 0.5) is 5.82 Å². The monoisotopic (exact) mass is 278 g/mol. The molecule has 0 saturated heterocycles. The quantitative estimate of drug-likeness (QED) is 0.529. The Hall–Kier alpha value is -2.12. The third kappa shape index (κ3) is 3.06. The van der Waals surface area contributed by atoms with Crippen LogP contribution in [0.5, 0.6) is 0 Å². The minimum atomic E-state index is -1.03. The molecule has 0 saturated carbocycles. The summed E-state index contributed by atoms with van der Waals surface area (Å²) in [5.41, 5.74) is 6.93. The first-order chi connectivity index (χ1) is 9.49. The molecule has 108 valence electrons. The normalized spacial score (nSPS) is 14.2. The number of carbonyl (C=O) groups excluding carboxylic acids is 1. The molecule has 0 radical (unpaired) electrons. The lowest BCUT2D eigenvalue weighted by atomic mass is 10.0. The van der Waals surface area contributed by atoms with Gasteiger partial charge < -0.3 is 21.3 Å². The summed E-state index contributed by atoms with van der Waals surface area (Å²) in [5, 5.41) is 30.0. The van der Waals surface area contributed by atoms with Gasteiger partial charge in [-0.05, 0) is 24.1 Å². The molecule has 0 aliphatic rings. The summed E-state index contributed by atoms with van der Waals surface area (Å²) in [5.74, 6) is 0.230. The summed E-state index contributed by atoms with van der Waals surface area (Å²) in [6.07, 6.45) is -1.72. The van der Waals surface area contributed by atoms with Crippen LogP contribution in [-0.2, 0) is 4.79 Å². The molecule has 2 aromatic rings. The molecular weight excluding hydrogens is 260 g/mol. The zero-order valence-corrected chi connectivity index (χ0v) is 11.1. The van der Waals surface area contributed by atoms with Gasteiger partial charge in [-0.15, -0.1) is 0 Å². The highest BCUT2D eigenvalue weighted by molar-refractivity contribution is 5.88. The summed E-state index contributed by atoms with van der Waals surface area (Å²) in [6.45, 7) is 1.71. The fourth-order valence-corrected chi connectivity index (χ4v) is 2.02. The van der Waals surface area contributed by atoms with Crippen LogP contribution in [0, 0.1) is 0 Å². The van der Waals surface area contributed by atoms with Crippen molar-refractivity contribution in [2.75, 3.05) is 12.3 Å². The molecule has 2 atom stereocenters. The zero-order chi connectivity index (χ0) is 14.7. The van der Waals surface area contributed by atoms with Crippen molar-refractivity contribution >= 4 is 22.6 Å². The van der Waals surface area contributed by atoms with Crippen LogP contribution in [0.3, 0.4) is 0 Å². The van der Waals surface area contributed by atoms with Gasteiger partial charge >= 0.3 is 0 Å². The van der Waals surface area contributed by atoms with Gasteiger partial charge in [0, 0.05) is 18.9 Å². The Morgan fingerprint density at radius 1 is 1.50 bits per heavy atom. The van der Waals surface area contributed by atoms with Gasteiger partial charge in [0.15, 0.2) is 5.82 Å². The number of hydrogen-bond acceptors (Lipinski definition) is 5. The van der Waals surface area contributed by atoms with Crippen LogP contribution in [-0.4, -0.2) is 39.0 Å². The summed E-state index contributed by atoms with van der Waals surface area (Å²) in [4.78, 5) is 10.7. The van der Waals surface area contributed by atoms with E-state index < -0.39 is 12.2 Å². The maximum Gasteiger partial charge on any atom is 0.216 e. The van der Waals surface area contributed by atoms with E-state index in [9.17, 15) is 15.0 Å². The van der Waals surface area contributed by atoms with E-state index >= 15 is 0 Å². The van der Waals surface area contributed by atoms with Crippen LogP contribution < -0.4 is 11.1 Å². The number of aromatic amines is 1. The molecule has 1 aromatic carbocycles. The molecule has 2 rings (SSSR count). The van der Waals surface area contributed by atoms with Gasteiger partial charge in [0.1, 0.15) is 6.10 Å². The van der Waals surface area contributed by atoms with Crippen LogP contribution in [0.15, 0.2) is 18.2 Å². The number of aliphatic hydroxyl groups excluding tert-OH is 2. The van der Waals surface area contributed by atoms with Gasteiger partial charge in [-0.25, -0.2) is 0 Å². The van der Waals surface area contributed by atoms with E-state index in [0.717, 1.165) is 5.39 Å². The van der Waals surface area contributed by atoms with Crippen molar-refractivity contribution < 1.29 is 15.0 Å². The first-order valence-corrected chi connectivity index (χ1v) is 6.33. The molecule has 7 heteroatoms.